The summed E-state index contributed by atoms with van der Waals surface area (Å²) in [6.45, 7) is 0.447. The normalized spacial score (nSPS) is 13.2. The van der Waals surface area contributed by atoms with E-state index in [1.165, 1.54) is 28.9 Å². The highest BCUT2D eigenvalue weighted by Crippen LogP contribution is 2.39. The van der Waals surface area contributed by atoms with E-state index < -0.39 is 4.92 Å². The van der Waals surface area contributed by atoms with E-state index in [9.17, 15) is 19.7 Å². The van der Waals surface area contributed by atoms with Gasteiger partial charge in [-0.15, -0.1) is 0 Å². The van der Waals surface area contributed by atoms with Gasteiger partial charge in [-0.1, -0.05) is 18.2 Å². The molecule has 2 aromatic carbocycles. The molecule has 0 unspecified atom stereocenters. The number of nitro groups is 1. The molecule has 0 saturated heterocycles. The number of hydrogen-bond donors (Lipinski definition) is 1. The molecule has 1 N–H and O–H groups in total. The minimum atomic E-state index is -0.519. The summed E-state index contributed by atoms with van der Waals surface area (Å²) in [6.07, 6.45) is 2.03. The Bertz CT molecular complexity index is 1100. The van der Waals surface area contributed by atoms with Gasteiger partial charge in [0.05, 0.1) is 17.2 Å². The van der Waals surface area contributed by atoms with Crippen molar-refractivity contribution in [2.75, 3.05) is 6.54 Å². The number of benzene rings is 2. The highest BCUT2D eigenvalue weighted by Gasteiger charge is 2.31. The van der Waals surface area contributed by atoms with Crippen molar-refractivity contribution < 1.29 is 9.72 Å². The molecular weight excluding hydrogens is 374 g/mol. The van der Waals surface area contributed by atoms with Crippen LogP contribution in [0.25, 0.3) is 5.69 Å². The maximum atomic E-state index is 12.9. The molecule has 0 spiro atoms. The van der Waals surface area contributed by atoms with E-state index in [2.05, 4.69) is 10.4 Å². The van der Waals surface area contributed by atoms with Crippen LogP contribution in [0.4, 0.5) is 5.69 Å². The third-order valence-corrected chi connectivity index (χ3v) is 4.77. The number of para-hydroxylation sites is 1. The molecule has 29 heavy (non-hydrogen) atoms. The van der Waals surface area contributed by atoms with Crippen molar-refractivity contribution in [1.82, 2.24) is 19.7 Å². The molecule has 0 atom stereocenters. The van der Waals surface area contributed by atoms with E-state index in [1.807, 2.05) is 30.3 Å². The maximum Gasteiger partial charge on any atom is 0.350 e. The number of hydrogen-bond acceptors (Lipinski definition) is 5. The number of amides is 1. The van der Waals surface area contributed by atoms with E-state index in [4.69, 9.17) is 0 Å². The molecule has 1 fully saturated rings. The standard InChI is InChI=1S/C20H19N5O4/c26-19(15-8-10-17(11-9-15)25(28)29)21-12-13-23-20(27)24(16-4-2-1-3-5-16)18(22-23)14-6-7-14/h1-5,8-11,14H,6-7,12-13H2,(H,21,26). The van der Waals surface area contributed by atoms with Crippen LogP contribution in [0, 0.1) is 10.1 Å². The lowest BCUT2D eigenvalue weighted by Crippen LogP contribution is -2.32. The minimum Gasteiger partial charge on any atom is -0.350 e. The summed E-state index contributed by atoms with van der Waals surface area (Å²) < 4.78 is 3.01. The van der Waals surface area contributed by atoms with Crippen molar-refractivity contribution in [3.05, 3.63) is 86.6 Å². The highest BCUT2D eigenvalue weighted by atomic mass is 16.6. The van der Waals surface area contributed by atoms with E-state index in [0.29, 0.717) is 11.5 Å². The lowest BCUT2D eigenvalue weighted by Gasteiger charge is -2.05. The second-order valence-electron chi connectivity index (χ2n) is 6.87. The van der Waals surface area contributed by atoms with Gasteiger partial charge >= 0.3 is 5.69 Å². The maximum absolute atomic E-state index is 12.9. The fourth-order valence-corrected chi connectivity index (χ4v) is 3.11. The predicted octanol–water partition coefficient (Wildman–Crippen LogP) is 2.25. The number of non-ortho nitro benzene ring substituents is 1. The zero-order valence-corrected chi connectivity index (χ0v) is 15.5. The average Bonchev–Trinajstić information content (AvgIpc) is 3.53. The zero-order chi connectivity index (χ0) is 20.4. The van der Waals surface area contributed by atoms with Crippen molar-refractivity contribution in [3.8, 4) is 5.69 Å². The van der Waals surface area contributed by atoms with E-state index in [1.54, 1.807) is 4.57 Å². The number of nitro benzene ring substituents is 1. The largest absolute Gasteiger partial charge is 0.350 e. The number of carbonyl (C=O) groups is 1. The summed E-state index contributed by atoms with van der Waals surface area (Å²) in [5.41, 5.74) is 0.784. The predicted molar refractivity (Wildman–Crippen MR) is 105 cm³/mol. The number of nitrogens with one attached hydrogen (secondary N) is 1. The first-order chi connectivity index (χ1) is 14.0. The monoisotopic (exact) mass is 393 g/mol. The Labute approximate surface area is 165 Å². The molecule has 148 valence electrons. The number of rotatable bonds is 7. The smallest absolute Gasteiger partial charge is 0.350 e. The molecule has 1 aliphatic carbocycles. The molecule has 9 nitrogen and oxygen atoms in total. The molecule has 3 aromatic rings. The second-order valence-corrected chi connectivity index (χ2v) is 6.87. The van der Waals surface area contributed by atoms with Crippen molar-refractivity contribution in [3.63, 3.8) is 0 Å². The SMILES string of the molecule is O=C(NCCn1nc(C2CC2)n(-c2ccccc2)c1=O)c1ccc([N+](=O)[O-])cc1. The van der Waals surface area contributed by atoms with Gasteiger partial charge in [0.2, 0.25) is 0 Å². The minimum absolute atomic E-state index is 0.0767. The van der Waals surface area contributed by atoms with E-state index in [-0.39, 0.29) is 30.4 Å². The van der Waals surface area contributed by atoms with Crippen LogP contribution in [0.1, 0.15) is 34.9 Å². The van der Waals surface area contributed by atoms with Crippen LogP contribution in [-0.2, 0) is 6.54 Å². The molecule has 1 aliphatic rings. The molecule has 0 bridgehead atoms. The van der Waals surface area contributed by atoms with Gasteiger partial charge < -0.3 is 5.32 Å². The molecule has 1 saturated carbocycles. The van der Waals surface area contributed by atoms with Gasteiger partial charge in [-0.05, 0) is 37.1 Å². The third kappa shape index (κ3) is 3.93. The number of nitrogens with zero attached hydrogens (tertiary/aromatic N) is 4. The van der Waals surface area contributed by atoms with Gasteiger partial charge in [0.15, 0.2) is 0 Å². The average molecular weight is 393 g/mol. The zero-order valence-electron chi connectivity index (χ0n) is 15.5. The van der Waals surface area contributed by atoms with Gasteiger partial charge in [-0.3, -0.25) is 14.9 Å². The molecular formula is C20H19N5O4. The van der Waals surface area contributed by atoms with Crippen LogP contribution in [-0.4, -0.2) is 31.7 Å². The van der Waals surface area contributed by atoms with Crippen molar-refractivity contribution in [1.29, 1.82) is 0 Å². The molecule has 4 rings (SSSR count). The van der Waals surface area contributed by atoms with Gasteiger partial charge in [0, 0.05) is 30.2 Å². The number of aromatic nitrogens is 3. The summed E-state index contributed by atoms with van der Waals surface area (Å²) in [7, 11) is 0. The van der Waals surface area contributed by atoms with Crippen LogP contribution in [0.5, 0.6) is 0 Å². The first-order valence-electron chi connectivity index (χ1n) is 9.32. The van der Waals surface area contributed by atoms with Crippen LogP contribution in [0.3, 0.4) is 0 Å². The molecule has 9 heteroatoms. The summed E-state index contributed by atoms with van der Waals surface area (Å²) in [5.74, 6) is 0.680. The highest BCUT2D eigenvalue weighted by molar-refractivity contribution is 5.94. The summed E-state index contributed by atoms with van der Waals surface area (Å²) in [5, 5.41) is 17.9. The molecule has 0 aliphatic heterocycles. The Morgan fingerprint density at radius 3 is 2.45 bits per heavy atom. The summed E-state index contributed by atoms with van der Waals surface area (Å²) >= 11 is 0. The summed E-state index contributed by atoms with van der Waals surface area (Å²) in [6, 6.07) is 14.7. The van der Waals surface area contributed by atoms with Crippen molar-refractivity contribution >= 4 is 11.6 Å². The van der Waals surface area contributed by atoms with Gasteiger partial charge in [-0.25, -0.2) is 14.0 Å². The lowest BCUT2D eigenvalue weighted by molar-refractivity contribution is -0.384. The summed E-state index contributed by atoms with van der Waals surface area (Å²) in [4.78, 5) is 35.2. The molecule has 1 heterocycles. The first-order valence-corrected chi connectivity index (χ1v) is 9.32. The lowest BCUT2D eigenvalue weighted by atomic mass is 10.2. The van der Waals surface area contributed by atoms with E-state index >= 15 is 0 Å². The fourth-order valence-electron chi connectivity index (χ4n) is 3.11. The second kappa shape index (κ2) is 7.70. The van der Waals surface area contributed by atoms with Crippen LogP contribution >= 0.6 is 0 Å². The molecule has 0 radical (unpaired) electrons. The third-order valence-electron chi connectivity index (χ3n) is 4.77. The van der Waals surface area contributed by atoms with Crippen LogP contribution < -0.4 is 11.0 Å². The van der Waals surface area contributed by atoms with Crippen LogP contribution in [0.15, 0.2) is 59.4 Å². The van der Waals surface area contributed by atoms with Gasteiger partial charge in [-0.2, -0.15) is 5.10 Å². The van der Waals surface area contributed by atoms with Gasteiger partial charge in [0.1, 0.15) is 5.82 Å². The topological polar surface area (TPSA) is 112 Å². The molecule has 1 amide bonds. The number of carbonyl (C=O) groups excluding carboxylic acids is 1. The quantitative estimate of drug-likeness (QED) is 0.489. The van der Waals surface area contributed by atoms with E-state index in [0.717, 1.165) is 24.4 Å². The Morgan fingerprint density at radius 2 is 1.83 bits per heavy atom. The Kier molecular flexibility index (Phi) is 4.94. The first kappa shape index (κ1) is 18.6. The van der Waals surface area contributed by atoms with Gasteiger partial charge in [0.25, 0.3) is 11.6 Å². The Hall–Kier alpha value is -3.75. The van der Waals surface area contributed by atoms with Crippen molar-refractivity contribution in [2.24, 2.45) is 0 Å². The Morgan fingerprint density at radius 1 is 1.14 bits per heavy atom. The molecule has 1 aromatic heterocycles. The fraction of sp³-hybridized carbons (Fsp3) is 0.250. The van der Waals surface area contributed by atoms with Crippen LogP contribution in [0.2, 0.25) is 0 Å². The van der Waals surface area contributed by atoms with Crippen molar-refractivity contribution in [2.45, 2.75) is 25.3 Å². The Balaban J connectivity index is 1.46.